The second-order valence-corrected chi connectivity index (χ2v) is 3.75. The molecule has 1 heterocycles. The van der Waals surface area contributed by atoms with E-state index >= 15 is 0 Å². The van der Waals surface area contributed by atoms with Gasteiger partial charge in [0.15, 0.2) is 0 Å². The minimum absolute atomic E-state index is 0.197. The fourth-order valence-electron chi connectivity index (χ4n) is 0.549. The molecule has 62 valence electrons. The summed E-state index contributed by atoms with van der Waals surface area (Å²) in [7, 11) is 0. The number of aromatic nitrogens is 2. The standard InChI is InChI=1S/C5H9N3OS2/c6-5-4(7-8-11-5)3-10-2-1-9/h9H,1-3,6H2. The Balaban J connectivity index is 2.32. The van der Waals surface area contributed by atoms with Crippen LogP contribution in [0.2, 0.25) is 0 Å². The molecule has 0 atom stereocenters. The van der Waals surface area contributed by atoms with E-state index in [1.807, 2.05) is 0 Å². The summed E-state index contributed by atoms with van der Waals surface area (Å²) in [4.78, 5) is 0. The zero-order valence-electron chi connectivity index (χ0n) is 5.86. The predicted molar refractivity (Wildman–Crippen MR) is 47.6 cm³/mol. The molecule has 0 amide bonds. The van der Waals surface area contributed by atoms with Crippen molar-refractivity contribution in [1.82, 2.24) is 9.59 Å². The van der Waals surface area contributed by atoms with E-state index in [1.165, 1.54) is 11.5 Å². The Kier molecular flexibility index (Phi) is 3.61. The average Bonchev–Trinajstić information content (AvgIpc) is 2.37. The molecule has 1 rings (SSSR count). The highest BCUT2D eigenvalue weighted by molar-refractivity contribution is 7.98. The quantitative estimate of drug-likeness (QED) is 0.672. The minimum atomic E-state index is 0.197. The molecular formula is C5H9N3OS2. The Bertz CT molecular complexity index is 215. The van der Waals surface area contributed by atoms with Gasteiger partial charge in [-0.25, -0.2) is 0 Å². The number of thioether (sulfide) groups is 1. The highest BCUT2D eigenvalue weighted by Gasteiger charge is 2.02. The first-order chi connectivity index (χ1) is 5.34. The van der Waals surface area contributed by atoms with Crippen molar-refractivity contribution in [3.8, 4) is 0 Å². The maximum atomic E-state index is 8.48. The van der Waals surface area contributed by atoms with Crippen LogP contribution in [0.25, 0.3) is 0 Å². The van der Waals surface area contributed by atoms with Crippen LogP contribution in [0.5, 0.6) is 0 Å². The zero-order valence-corrected chi connectivity index (χ0v) is 7.49. The molecule has 4 nitrogen and oxygen atoms in total. The van der Waals surface area contributed by atoms with Crippen LogP contribution in [0, 0.1) is 0 Å². The third-order valence-electron chi connectivity index (χ3n) is 1.06. The van der Waals surface area contributed by atoms with Crippen molar-refractivity contribution in [2.45, 2.75) is 5.75 Å². The maximum Gasteiger partial charge on any atom is 0.131 e. The van der Waals surface area contributed by atoms with Gasteiger partial charge in [0.1, 0.15) is 10.7 Å². The fourth-order valence-corrected chi connectivity index (χ4v) is 1.77. The van der Waals surface area contributed by atoms with E-state index in [1.54, 1.807) is 11.8 Å². The van der Waals surface area contributed by atoms with Crippen LogP contribution in [0.3, 0.4) is 0 Å². The third-order valence-corrected chi connectivity index (χ3v) is 2.60. The van der Waals surface area contributed by atoms with Crippen molar-refractivity contribution in [2.75, 3.05) is 18.1 Å². The number of rotatable bonds is 4. The Morgan fingerprint density at radius 2 is 2.45 bits per heavy atom. The number of aliphatic hydroxyl groups is 1. The molecule has 1 aromatic rings. The van der Waals surface area contributed by atoms with Gasteiger partial charge in [-0.2, -0.15) is 11.8 Å². The normalized spacial score (nSPS) is 10.3. The van der Waals surface area contributed by atoms with Crippen molar-refractivity contribution in [3.05, 3.63) is 5.69 Å². The highest BCUT2D eigenvalue weighted by Crippen LogP contribution is 2.18. The summed E-state index contributed by atoms with van der Waals surface area (Å²) >= 11 is 2.80. The Hall–Kier alpha value is -0.330. The molecule has 0 spiro atoms. The lowest BCUT2D eigenvalue weighted by Crippen LogP contribution is -1.91. The lowest BCUT2D eigenvalue weighted by Gasteiger charge is -1.94. The van der Waals surface area contributed by atoms with Gasteiger partial charge in [-0.05, 0) is 0 Å². The van der Waals surface area contributed by atoms with E-state index in [9.17, 15) is 0 Å². The molecule has 0 radical (unpaired) electrons. The first-order valence-corrected chi connectivity index (χ1v) is 5.02. The molecule has 0 unspecified atom stereocenters. The van der Waals surface area contributed by atoms with Crippen LogP contribution >= 0.6 is 23.3 Å². The smallest absolute Gasteiger partial charge is 0.131 e. The molecule has 1 aromatic heterocycles. The molecule has 11 heavy (non-hydrogen) atoms. The predicted octanol–water partition coefficient (Wildman–Crippen LogP) is 0.346. The van der Waals surface area contributed by atoms with Gasteiger partial charge in [0.25, 0.3) is 0 Å². The number of nitrogens with zero attached hydrogens (tertiary/aromatic N) is 2. The van der Waals surface area contributed by atoms with Crippen molar-refractivity contribution < 1.29 is 5.11 Å². The molecule has 0 aliphatic carbocycles. The monoisotopic (exact) mass is 191 g/mol. The van der Waals surface area contributed by atoms with Crippen molar-refractivity contribution in [3.63, 3.8) is 0 Å². The number of aliphatic hydroxyl groups excluding tert-OH is 1. The van der Waals surface area contributed by atoms with Gasteiger partial charge in [-0.15, -0.1) is 5.10 Å². The Labute approximate surface area is 73.0 Å². The Morgan fingerprint density at radius 3 is 3.00 bits per heavy atom. The third kappa shape index (κ3) is 2.64. The van der Waals surface area contributed by atoms with Gasteiger partial charge in [-0.1, -0.05) is 4.49 Å². The van der Waals surface area contributed by atoms with Crippen molar-refractivity contribution in [2.24, 2.45) is 0 Å². The highest BCUT2D eigenvalue weighted by atomic mass is 32.2. The van der Waals surface area contributed by atoms with Crippen molar-refractivity contribution >= 4 is 28.3 Å². The topological polar surface area (TPSA) is 72.0 Å². The second kappa shape index (κ2) is 4.53. The zero-order chi connectivity index (χ0) is 8.10. The molecule has 3 N–H and O–H groups in total. The summed E-state index contributed by atoms with van der Waals surface area (Å²) in [5.74, 6) is 1.46. The second-order valence-electron chi connectivity index (χ2n) is 1.86. The first kappa shape index (κ1) is 8.76. The first-order valence-electron chi connectivity index (χ1n) is 3.10. The molecule has 0 aliphatic rings. The molecule has 6 heteroatoms. The lowest BCUT2D eigenvalue weighted by atomic mass is 10.5. The van der Waals surface area contributed by atoms with Gasteiger partial charge < -0.3 is 10.8 Å². The van der Waals surface area contributed by atoms with E-state index in [0.717, 1.165) is 17.2 Å². The number of anilines is 1. The summed E-state index contributed by atoms with van der Waals surface area (Å²) in [6.07, 6.45) is 0. The van der Waals surface area contributed by atoms with E-state index in [2.05, 4.69) is 9.59 Å². The van der Waals surface area contributed by atoms with E-state index in [4.69, 9.17) is 10.8 Å². The lowest BCUT2D eigenvalue weighted by molar-refractivity contribution is 0.322. The van der Waals surface area contributed by atoms with Crippen molar-refractivity contribution in [1.29, 1.82) is 0 Å². The molecule has 0 saturated carbocycles. The summed E-state index contributed by atoms with van der Waals surface area (Å²) in [6, 6.07) is 0. The van der Waals surface area contributed by atoms with Gasteiger partial charge in [0, 0.05) is 23.0 Å². The minimum Gasteiger partial charge on any atom is -0.396 e. The van der Waals surface area contributed by atoms with Gasteiger partial charge in [0.05, 0.1) is 6.61 Å². The SMILES string of the molecule is Nc1snnc1CSCCO. The number of nitrogens with two attached hydrogens (primary N) is 1. The van der Waals surface area contributed by atoms with Gasteiger partial charge in [-0.3, -0.25) is 0 Å². The number of hydrogen-bond acceptors (Lipinski definition) is 6. The maximum absolute atomic E-state index is 8.48. The molecule has 0 fully saturated rings. The molecule has 0 aliphatic heterocycles. The largest absolute Gasteiger partial charge is 0.396 e. The van der Waals surface area contributed by atoms with Gasteiger partial charge in [0.2, 0.25) is 0 Å². The van der Waals surface area contributed by atoms with E-state index < -0.39 is 0 Å². The van der Waals surface area contributed by atoms with Crippen LogP contribution in [-0.4, -0.2) is 27.1 Å². The summed E-state index contributed by atoms with van der Waals surface area (Å²) in [5, 5.41) is 13.0. The van der Waals surface area contributed by atoms with Crippen LogP contribution < -0.4 is 5.73 Å². The average molecular weight is 191 g/mol. The molecule has 0 bridgehead atoms. The van der Waals surface area contributed by atoms with Crippen LogP contribution in [0.15, 0.2) is 0 Å². The number of hydrogen-bond donors (Lipinski definition) is 2. The van der Waals surface area contributed by atoms with E-state index in [0.29, 0.717) is 5.00 Å². The molecule has 0 saturated heterocycles. The molecular weight excluding hydrogens is 182 g/mol. The fraction of sp³-hybridized carbons (Fsp3) is 0.600. The van der Waals surface area contributed by atoms with Crippen LogP contribution in [0.4, 0.5) is 5.00 Å². The van der Waals surface area contributed by atoms with Crippen LogP contribution in [-0.2, 0) is 5.75 Å². The van der Waals surface area contributed by atoms with Crippen LogP contribution in [0.1, 0.15) is 5.69 Å². The summed E-state index contributed by atoms with van der Waals surface area (Å²) in [6.45, 7) is 0.197. The summed E-state index contributed by atoms with van der Waals surface area (Å²) < 4.78 is 3.69. The number of nitrogen functional groups attached to an aromatic ring is 1. The molecule has 0 aromatic carbocycles. The Morgan fingerprint density at radius 1 is 1.64 bits per heavy atom. The summed E-state index contributed by atoms with van der Waals surface area (Å²) in [5.41, 5.74) is 6.37. The van der Waals surface area contributed by atoms with E-state index in [-0.39, 0.29) is 6.61 Å². The van der Waals surface area contributed by atoms with Gasteiger partial charge >= 0.3 is 0 Å².